The van der Waals surface area contributed by atoms with Gasteiger partial charge in [-0.15, -0.1) is 0 Å². The zero-order valence-corrected chi connectivity index (χ0v) is 19.2. The van der Waals surface area contributed by atoms with E-state index in [4.69, 9.17) is 11.6 Å². The molecule has 31 heavy (non-hydrogen) atoms. The van der Waals surface area contributed by atoms with Crippen LogP contribution in [0.4, 0.5) is 5.69 Å². The third-order valence-electron chi connectivity index (χ3n) is 6.52. The summed E-state index contributed by atoms with van der Waals surface area (Å²) in [5, 5.41) is 0.751. The van der Waals surface area contributed by atoms with Gasteiger partial charge in [-0.25, -0.2) is 0 Å². The second-order valence-corrected chi connectivity index (χ2v) is 9.08. The summed E-state index contributed by atoms with van der Waals surface area (Å²) in [6, 6.07) is 16.6. The van der Waals surface area contributed by atoms with Crippen molar-refractivity contribution < 1.29 is 4.79 Å². The third-order valence-corrected chi connectivity index (χ3v) is 6.82. The van der Waals surface area contributed by atoms with Crippen LogP contribution >= 0.6 is 11.6 Å². The molecule has 0 bridgehead atoms. The first kappa shape index (κ1) is 22.1. The summed E-state index contributed by atoms with van der Waals surface area (Å²) < 4.78 is 0. The molecule has 2 fully saturated rings. The summed E-state index contributed by atoms with van der Waals surface area (Å²) in [6.45, 7) is 8.47. The standard InChI is InChI=1S/C25H33ClN4O/c1-27-12-16-30(17-13-27)25-22(8-5-9-23(25)26)20-24(31)29-18-14-28(15-19-29)11-10-21-6-3-2-4-7-21/h2-9H,10-20H2,1H3. The van der Waals surface area contributed by atoms with Crippen LogP contribution in [0.5, 0.6) is 0 Å². The summed E-state index contributed by atoms with van der Waals surface area (Å²) in [5.41, 5.74) is 3.47. The van der Waals surface area contributed by atoms with Gasteiger partial charge < -0.3 is 14.7 Å². The monoisotopic (exact) mass is 440 g/mol. The van der Waals surface area contributed by atoms with Gasteiger partial charge in [-0.3, -0.25) is 9.69 Å². The highest BCUT2D eigenvalue weighted by Crippen LogP contribution is 2.31. The first-order valence-electron chi connectivity index (χ1n) is 11.3. The highest BCUT2D eigenvalue weighted by atomic mass is 35.5. The Balaban J connectivity index is 1.32. The molecule has 0 spiro atoms. The fraction of sp³-hybridized carbons (Fsp3) is 0.480. The minimum Gasteiger partial charge on any atom is -0.368 e. The molecule has 2 aliphatic heterocycles. The second kappa shape index (κ2) is 10.5. The topological polar surface area (TPSA) is 30.0 Å². The van der Waals surface area contributed by atoms with E-state index in [1.54, 1.807) is 0 Å². The average molecular weight is 441 g/mol. The van der Waals surface area contributed by atoms with Crippen LogP contribution < -0.4 is 4.90 Å². The van der Waals surface area contributed by atoms with Gasteiger partial charge in [0.15, 0.2) is 0 Å². The van der Waals surface area contributed by atoms with Crippen LogP contribution in [0.25, 0.3) is 0 Å². The minimum absolute atomic E-state index is 0.209. The van der Waals surface area contributed by atoms with Crippen molar-refractivity contribution in [1.29, 1.82) is 0 Å². The number of amides is 1. The Hall–Kier alpha value is -2.08. The van der Waals surface area contributed by atoms with Crippen molar-refractivity contribution in [3.8, 4) is 0 Å². The van der Waals surface area contributed by atoms with Crippen molar-refractivity contribution >= 4 is 23.2 Å². The molecule has 2 aliphatic rings. The SMILES string of the molecule is CN1CCN(c2c(Cl)cccc2CC(=O)N2CCN(CCc3ccccc3)CC2)CC1. The molecule has 0 unspecified atom stereocenters. The summed E-state index contributed by atoms with van der Waals surface area (Å²) in [6.07, 6.45) is 1.48. The maximum absolute atomic E-state index is 13.1. The lowest BCUT2D eigenvalue weighted by molar-refractivity contribution is -0.132. The van der Waals surface area contributed by atoms with E-state index in [0.717, 1.165) is 81.6 Å². The van der Waals surface area contributed by atoms with Crippen molar-refractivity contribution in [1.82, 2.24) is 14.7 Å². The number of halogens is 1. The van der Waals surface area contributed by atoms with Crippen molar-refractivity contribution in [2.75, 3.05) is 70.9 Å². The number of hydrogen-bond acceptors (Lipinski definition) is 4. The molecular weight excluding hydrogens is 408 g/mol. The summed E-state index contributed by atoms with van der Waals surface area (Å²) >= 11 is 6.59. The lowest BCUT2D eigenvalue weighted by Gasteiger charge is -2.37. The van der Waals surface area contributed by atoms with Crippen LogP contribution in [0.1, 0.15) is 11.1 Å². The maximum Gasteiger partial charge on any atom is 0.227 e. The number of benzene rings is 2. The number of piperazine rings is 2. The van der Waals surface area contributed by atoms with Gasteiger partial charge in [0.1, 0.15) is 0 Å². The number of para-hydroxylation sites is 1. The third kappa shape index (κ3) is 5.79. The van der Waals surface area contributed by atoms with E-state index in [1.807, 2.05) is 17.0 Å². The zero-order chi connectivity index (χ0) is 21.6. The largest absolute Gasteiger partial charge is 0.368 e. The van der Waals surface area contributed by atoms with Crippen molar-refractivity contribution in [2.24, 2.45) is 0 Å². The van der Waals surface area contributed by atoms with Gasteiger partial charge in [0.25, 0.3) is 0 Å². The van der Waals surface area contributed by atoms with Crippen LogP contribution in [0.2, 0.25) is 5.02 Å². The Morgan fingerprint density at radius 2 is 1.58 bits per heavy atom. The Labute approximate surface area is 191 Å². The number of hydrogen-bond donors (Lipinski definition) is 0. The van der Waals surface area contributed by atoms with Gasteiger partial charge in [0.2, 0.25) is 5.91 Å². The lowest BCUT2D eigenvalue weighted by atomic mass is 10.1. The molecule has 5 nitrogen and oxygen atoms in total. The van der Waals surface area contributed by atoms with Gasteiger partial charge in [-0.1, -0.05) is 54.1 Å². The molecular formula is C25H33ClN4O. The average Bonchev–Trinajstić information content (AvgIpc) is 2.80. The Kier molecular flexibility index (Phi) is 7.49. The molecule has 0 aliphatic carbocycles. The molecule has 2 saturated heterocycles. The fourth-order valence-corrected chi connectivity index (χ4v) is 4.83. The van der Waals surface area contributed by atoms with Gasteiger partial charge in [-0.2, -0.15) is 0 Å². The smallest absolute Gasteiger partial charge is 0.227 e. The lowest BCUT2D eigenvalue weighted by Crippen LogP contribution is -2.49. The molecule has 0 aromatic heterocycles. The zero-order valence-electron chi connectivity index (χ0n) is 18.5. The van der Waals surface area contributed by atoms with Crippen molar-refractivity contribution in [2.45, 2.75) is 12.8 Å². The van der Waals surface area contributed by atoms with E-state index < -0.39 is 0 Å². The molecule has 166 valence electrons. The first-order valence-corrected chi connectivity index (χ1v) is 11.7. The Morgan fingerprint density at radius 1 is 0.871 bits per heavy atom. The fourth-order valence-electron chi connectivity index (χ4n) is 4.51. The molecule has 0 N–H and O–H groups in total. The summed E-state index contributed by atoms with van der Waals surface area (Å²) in [5.74, 6) is 0.209. The van der Waals surface area contributed by atoms with Crippen LogP contribution in [0.3, 0.4) is 0 Å². The minimum atomic E-state index is 0.209. The van der Waals surface area contributed by atoms with Crippen molar-refractivity contribution in [3.63, 3.8) is 0 Å². The van der Waals surface area contributed by atoms with Gasteiger partial charge in [0, 0.05) is 58.9 Å². The highest BCUT2D eigenvalue weighted by Gasteiger charge is 2.24. The molecule has 0 radical (unpaired) electrons. The van der Waals surface area contributed by atoms with Crippen LogP contribution in [0, 0.1) is 0 Å². The number of carbonyl (C=O) groups excluding carboxylic acids is 1. The number of rotatable bonds is 6. The van der Waals surface area contributed by atoms with E-state index in [-0.39, 0.29) is 5.91 Å². The molecule has 2 aromatic carbocycles. The van der Waals surface area contributed by atoms with Gasteiger partial charge in [-0.05, 0) is 30.7 Å². The second-order valence-electron chi connectivity index (χ2n) is 8.67. The molecule has 0 atom stereocenters. The van der Waals surface area contributed by atoms with E-state index >= 15 is 0 Å². The quantitative estimate of drug-likeness (QED) is 0.690. The van der Waals surface area contributed by atoms with Gasteiger partial charge in [0.05, 0.1) is 17.1 Å². The van der Waals surface area contributed by atoms with Crippen molar-refractivity contribution in [3.05, 3.63) is 64.7 Å². The maximum atomic E-state index is 13.1. The number of carbonyl (C=O) groups is 1. The van der Waals surface area contributed by atoms with Crippen LogP contribution in [0.15, 0.2) is 48.5 Å². The molecule has 2 aromatic rings. The predicted octanol–water partition coefficient (Wildman–Crippen LogP) is 3.02. The van der Waals surface area contributed by atoms with E-state index in [1.165, 1.54) is 5.56 Å². The predicted molar refractivity (Wildman–Crippen MR) is 128 cm³/mol. The van der Waals surface area contributed by atoms with E-state index in [2.05, 4.69) is 58.1 Å². The molecule has 6 heteroatoms. The summed E-state index contributed by atoms with van der Waals surface area (Å²) in [4.78, 5) is 22.2. The first-order chi connectivity index (χ1) is 15.1. The van der Waals surface area contributed by atoms with E-state index in [9.17, 15) is 4.79 Å². The Bertz CT molecular complexity index is 859. The van der Waals surface area contributed by atoms with Crippen LogP contribution in [-0.2, 0) is 17.6 Å². The highest BCUT2D eigenvalue weighted by molar-refractivity contribution is 6.33. The number of likely N-dealkylation sites (N-methyl/N-ethyl adjacent to an activating group) is 1. The molecule has 2 heterocycles. The van der Waals surface area contributed by atoms with Gasteiger partial charge >= 0.3 is 0 Å². The normalized spacial score (nSPS) is 18.4. The van der Waals surface area contributed by atoms with Crippen LogP contribution in [-0.4, -0.2) is 86.6 Å². The Morgan fingerprint density at radius 3 is 2.29 bits per heavy atom. The molecule has 0 saturated carbocycles. The summed E-state index contributed by atoms with van der Waals surface area (Å²) in [7, 11) is 2.15. The van der Waals surface area contributed by atoms with E-state index in [0.29, 0.717) is 6.42 Å². The molecule has 1 amide bonds. The number of nitrogens with zero attached hydrogens (tertiary/aromatic N) is 4. The number of anilines is 1. The molecule has 4 rings (SSSR count).